The predicted octanol–water partition coefficient (Wildman–Crippen LogP) is 2.23. The summed E-state index contributed by atoms with van der Waals surface area (Å²) in [4.78, 5) is 11.1. The standard InChI is InChI=1S/C13H16ClNO4S2/c1-9-6-10(14)2-3-12(9)21(18,19)15-4-5-20-8-11(15)7-13(16)17/h2-3,6,11H,4-5,7-8H2,1H3,(H,16,17). The van der Waals surface area contributed by atoms with E-state index in [9.17, 15) is 13.2 Å². The van der Waals surface area contributed by atoms with Crippen LogP contribution in [-0.2, 0) is 14.8 Å². The van der Waals surface area contributed by atoms with E-state index in [0.29, 0.717) is 28.6 Å². The Morgan fingerprint density at radius 1 is 1.52 bits per heavy atom. The molecule has 8 heteroatoms. The average molecular weight is 350 g/mol. The Balaban J connectivity index is 2.38. The Bertz CT molecular complexity index is 648. The number of halogens is 1. The maximum atomic E-state index is 12.8. The second-order valence-corrected chi connectivity index (χ2v) is 8.30. The second-order valence-electron chi connectivity index (χ2n) is 4.85. The highest BCUT2D eigenvalue weighted by Crippen LogP contribution is 2.29. The maximum Gasteiger partial charge on any atom is 0.305 e. The Morgan fingerprint density at radius 3 is 2.86 bits per heavy atom. The van der Waals surface area contributed by atoms with Crippen LogP contribution in [0.4, 0.5) is 0 Å². The number of thioether (sulfide) groups is 1. The second kappa shape index (κ2) is 6.56. The summed E-state index contributed by atoms with van der Waals surface area (Å²) in [7, 11) is -3.71. The summed E-state index contributed by atoms with van der Waals surface area (Å²) < 4.78 is 26.9. The van der Waals surface area contributed by atoms with Crippen molar-refractivity contribution in [3.05, 3.63) is 28.8 Å². The number of aliphatic carboxylic acids is 1. The first-order chi connectivity index (χ1) is 9.82. The highest BCUT2D eigenvalue weighted by molar-refractivity contribution is 7.99. The predicted molar refractivity (Wildman–Crippen MR) is 83.4 cm³/mol. The van der Waals surface area contributed by atoms with Gasteiger partial charge in [0.25, 0.3) is 0 Å². The summed E-state index contributed by atoms with van der Waals surface area (Å²) in [5.41, 5.74) is 0.565. The smallest absolute Gasteiger partial charge is 0.305 e. The number of rotatable bonds is 4. The largest absolute Gasteiger partial charge is 0.481 e. The minimum Gasteiger partial charge on any atom is -0.481 e. The summed E-state index contributed by atoms with van der Waals surface area (Å²) in [6.45, 7) is 2.01. The van der Waals surface area contributed by atoms with E-state index in [1.54, 1.807) is 24.8 Å². The number of carbonyl (C=O) groups is 1. The van der Waals surface area contributed by atoms with E-state index in [1.165, 1.54) is 16.4 Å². The van der Waals surface area contributed by atoms with Gasteiger partial charge in [0.05, 0.1) is 11.3 Å². The third-order valence-electron chi connectivity index (χ3n) is 3.31. The van der Waals surface area contributed by atoms with Crippen molar-refractivity contribution in [2.24, 2.45) is 0 Å². The van der Waals surface area contributed by atoms with Crippen molar-refractivity contribution in [2.45, 2.75) is 24.3 Å². The molecule has 1 aromatic carbocycles. The lowest BCUT2D eigenvalue weighted by atomic mass is 10.2. The number of hydrogen-bond acceptors (Lipinski definition) is 4. The van der Waals surface area contributed by atoms with E-state index in [4.69, 9.17) is 16.7 Å². The van der Waals surface area contributed by atoms with Crippen molar-refractivity contribution in [3.63, 3.8) is 0 Å². The van der Waals surface area contributed by atoms with Gasteiger partial charge in [0.1, 0.15) is 0 Å². The zero-order chi connectivity index (χ0) is 15.6. The van der Waals surface area contributed by atoms with Gasteiger partial charge in [0, 0.05) is 29.1 Å². The van der Waals surface area contributed by atoms with Gasteiger partial charge in [-0.05, 0) is 30.7 Å². The lowest BCUT2D eigenvalue weighted by Crippen LogP contribution is -2.47. The first-order valence-corrected chi connectivity index (χ1v) is 9.37. The number of sulfonamides is 1. The summed E-state index contributed by atoms with van der Waals surface area (Å²) in [5, 5.41) is 9.44. The van der Waals surface area contributed by atoms with Gasteiger partial charge in [-0.2, -0.15) is 16.1 Å². The van der Waals surface area contributed by atoms with Crippen molar-refractivity contribution in [3.8, 4) is 0 Å². The molecule has 1 atom stereocenters. The van der Waals surface area contributed by atoms with Crippen LogP contribution in [0.25, 0.3) is 0 Å². The average Bonchev–Trinajstić information content (AvgIpc) is 2.37. The molecule has 1 aliphatic heterocycles. The molecule has 0 spiro atoms. The molecule has 0 aromatic heterocycles. The molecule has 5 nitrogen and oxygen atoms in total. The van der Waals surface area contributed by atoms with Crippen molar-refractivity contribution in [2.75, 3.05) is 18.1 Å². The third-order valence-corrected chi connectivity index (χ3v) is 6.75. The molecule has 0 bridgehead atoms. The molecule has 0 radical (unpaired) electrons. The molecule has 21 heavy (non-hydrogen) atoms. The molecule has 0 amide bonds. The van der Waals surface area contributed by atoms with Gasteiger partial charge in [-0.25, -0.2) is 8.42 Å². The molecule has 2 rings (SSSR count). The van der Waals surface area contributed by atoms with E-state index >= 15 is 0 Å². The summed E-state index contributed by atoms with van der Waals surface area (Å²) in [6, 6.07) is 4.10. The van der Waals surface area contributed by atoms with Gasteiger partial charge in [0.15, 0.2) is 0 Å². The highest BCUT2D eigenvalue weighted by Gasteiger charge is 2.35. The van der Waals surface area contributed by atoms with E-state index < -0.39 is 22.0 Å². The van der Waals surface area contributed by atoms with Crippen LogP contribution in [0.1, 0.15) is 12.0 Å². The van der Waals surface area contributed by atoms with Crippen LogP contribution in [0, 0.1) is 6.92 Å². The van der Waals surface area contributed by atoms with Gasteiger partial charge in [0.2, 0.25) is 10.0 Å². The number of benzene rings is 1. The summed E-state index contributed by atoms with van der Waals surface area (Å²) in [5.74, 6) is 0.177. The molecule has 116 valence electrons. The number of aryl methyl sites for hydroxylation is 1. The van der Waals surface area contributed by atoms with Crippen LogP contribution in [0.15, 0.2) is 23.1 Å². The van der Waals surface area contributed by atoms with E-state index in [-0.39, 0.29) is 11.3 Å². The highest BCUT2D eigenvalue weighted by atomic mass is 35.5. The lowest BCUT2D eigenvalue weighted by molar-refractivity contribution is -0.137. The lowest BCUT2D eigenvalue weighted by Gasteiger charge is -2.33. The van der Waals surface area contributed by atoms with E-state index in [1.807, 2.05) is 0 Å². The van der Waals surface area contributed by atoms with Gasteiger partial charge in [-0.15, -0.1) is 0 Å². The topological polar surface area (TPSA) is 74.7 Å². The summed E-state index contributed by atoms with van der Waals surface area (Å²) >= 11 is 7.44. The fraction of sp³-hybridized carbons (Fsp3) is 0.462. The zero-order valence-electron chi connectivity index (χ0n) is 11.5. The van der Waals surface area contributed by atoms with Crippen LogP contribution < -0.4 is 0 Å². The number of carboxylic acids is 1. The third kappa shape index (κ3) is 3.71. The van der Waals surface area contributed by atoms with Crippen LogP contribution in [0.3, 0.4) is 0 Å². The number of hydrogen-bond donors (Lipinski definition) is 1. The molecular formula is C13H16ClNO4S2. The monoisotopic (exact) mass is 349 g/mol. The molecule has 0 saturated carbocycles. The Morgan fingerprint density at radius 2 is 2.24 bits per heavy atom. The van der Waals surface area contributed by atoms with Crippen molar-refractivity contribution < 1.29 is 18.3 Å². The van der Waals surface area contributed by atoms with E-state index in [0.717, 1.165) is 0 Å². The number of carboxylic acid groups (broad SMARTS) is 1. The van der Waals surface area contributed by atoms with Crippen LogP contribution >= 0.6 is 23.4 Å². The SMILES string of the molecule is Cc1cc(Cl)ccc1S(=O)(=O)N1CCSCC1CC(=O)O. The van der Waals surface area contributed by atoms with Gasteiger partial charge in [-0.3, -0.25) is 4.79 Å². The minimum atomic E-state index is -3.71. The van der Waals surface area contributed by atoms with Crippen molar-refractivity contribution in [1.82, 2.24) is 4.31 Å². The van der Waals surface area contributed by atoms with Gasteiger partial charge >= 0.3 is 5.97 Å². The molecule has 1 aliphatic rings. The Kier molecular flexibility index (Phi) is 5.19. The molecule has 1 heterocycles. The molecule has 1 N–H and O–H groups in total. The molecule has 1 unspecified atom stereocenters. The Hall–Kier alpha value is -0.760. The van der Waals surface area contributed by atoms with Crippen molar-refractivity contribution in [1.29, 1.82) is 0 Å². The normalized spacial score (nSPS) is 20.4. The van der Waals surface area contributed by atoms with Gasteiger partial charge < -0.3 is 5.11 Å². The minimum absolute atomic E-state index is 0.182. The van der Waals surface area contributed by atoms with Crippen LogP contribution in [-0.4, -0.2) is 47.9 Å². The van der Waals surface area contributed by atoms with E-state index in [2.05, 4.69) is 0 Å². The fourth-order valence-corrected chi connectivity index (χ4v) is 5.68. The fourth-order valence-electron chi connectivity index (χ4n) is 2.35. The molecule has 0 aliphatic carbocycles. The Labute approximate surface area is 133 Å². The van der Waals surface area contributed by atoms with Gasteiger partial charge in [-0.1, -0.05) is 11.6 Å². The quantitative estimate of drug-likeness (QED) is 0.902. The first kappa shape index (κ1) is 16.6. The molecular weight excluding hydrogens is 334 g/mol. The first-order valence-electron chi connectivity index (χ1n) is 6.40. The molecule has 1 aromatic rings. The van der Waals surface area contributed by atoms with Crippen LogP contribution in [0.5, 0.6) is 0 Å². The molecule has 1 saturated heterocycles. The molecule has 1 fully saturated rings. The number of nitrogens with zero attached hydrogens (tertiary/aromatic N) is 1. The zero-order valence-corrected chi connectivity index (χ0v) is 13.8. The summed E-state index contributed by atoms with van der Waals surface area (Å²) in [6.07, 6.45) is -0.182. The van der Waals surface area contributed by atoms with Crippen LogP contribution in [0.2, 0.25) is 5.02 Å². The van der Waals surface area contributed by atoms with Crippen molar-refractivity contribution >= 4 is 39.4 Å². The maximum absolute atomic E-state index is 12.8.